The predicted molar refractivity (Wildman–Crippen MR) is 132 cm³/mol. The number of hydrogen-bond acceptors (Lipinski definition) is 6. The van der Waals surface area contributed by atoms with Crippen molar-refractivity contribution in [3.63, 3.8) is 0 Å². The smallest absolute Gasteiger partial charge is 0.196 e. The van der Waals surface area contributed by atoms with Gasteiger partial charge in [-0.1, -0.05) is 41.0 Å². The zero-order valence-electron chi connectivity index (χ0n) is 18.2. The number of thioether (sulfide) groups is 1. The summed E-state index contributed by atoms with van der Waals surface area (Å²) < 4.78 is 18.2. The minimum Gasteiger partial charge on any atom is -0.497 e. The molecule has 3 aromatic carbocycles. The number of methoxy groups -OCH3 is 3. The van der Waals surface area contributed by atoms with Gasteiger partial charge in [0.25, 0.3) is 0 Å². The van der Waals surface area contributed by atoms with Crippen molar-refractivity contribution in [1.82, 2.24) is 14.8 Å². The number of nitrogens with zero attached hydrogens (tertiary/aromatic N) is 3. The van der Waals surface area contributed by atoms with Gasteiger partial charge in [0.15, 0.2) is 11.0 Å². The SMILES string of the molecule is COc1ccc(-n2c(SCc3ccc(Cl)cc3Cl)nnc2-c2cc(OC)cc(OC)c2)cc1. The van der Waals surface area contributed by atoms with Crippen molar-refractivity contribution < 1.29 is 14.2 Å². The van der Waals surface area contributed by atoms with E-state index >= 15 is 0 Å². The van der Waals surface area contributed by atoms with Gasteiger partial charge < -0.3 is 14.2 Å². The van der Waals surface area contributed by atoms with Crippen LogP contribution in [0, 0.1) is 0 Å². The second-order valence-corrected chi connectivity index (χ2v) is 8.75. The van der Waals surface area contributed by atoms with Crippen LogP contribution >= 0.6 is 35.0 Å². The van der Waals surface area contributed by atoms with Crippen molar-refractivity contribution in [3.8, 4) is 34.3 Å². The molecule has 0 aliphatic heterocycles. The van der Waals surface area contributed by atoms with E-state index in [0.717, 1.165) is 22.6 Å². The summed E-state index contributed by atoms with van der Waals surface area (Å²) >= 11 is 13.9. The van der Waals surface area contributed by atoms with Gasteiger partial charge in [-0.2, -0.15) is 0 Å². The molecule has 0 saturated heterocycles. The molecule has 6 nitrogen and oxygen atoms in total. The molecule has 9 heteroatoms. The minimum absolute atomic E-state index is 0.601. The first kappa shape index (κ1) is 23.3. The lowest BCUT2D eigenvalue weighted by molar-refractivity contribution is 0.394. The van der Waals surface area contributed by atoms with E-state index in [1.165, 1.54) is 11.8 Å². The van der Waals surface area contributed by atoms with E-state index in [-0.39, 0.29) is 0 Å². The van der Waals surface area contributed by atoms with Gasteiger partial charge in [-0.3, -0.25) is 4.57 Å². The number of halogens is 2. The monoisotopic (exact) mass is 501 g/mol. The number of ether oxygens (including phenoxy) is 3. The van der Waals surface area contributed by atoms with E-state index in [9.17, 15) is 0 Å². The molecule has 0 N–H and O–H groups in total. The molecule has 0 amide bonds. The van der Waals surface area contributed by atoms with Crippen LogP contribution in [0.4, 0.5) is 0 Å². The first-order valence-corrected chi connectivity index (χ1v) is 11.7. The third-order valence-electron chi connectivity index (χ3n) is 4.95. The highest BCUT2D eigenvalue weighted by molar-refractivity contribution is 7.98. The van der Waals surface area contributed by atoms with E-state index in [1.54, 1.807) is 27.4 Å². The molecule has 0 unspecified atom stereocenters. The van der Waals surface area contributed by atoms with Crippen molar-refractivity contribution in [1.29, 1.82) is 0 Å². The standard InChI is InChI=1S/C24H21Cl2N3O3S/c1-30-19-8-6-18(7-9-19)29-23(16-10-20(31-2)13-21(11-16)32-3)27-28-24(29)33-14-15-4-5-17(25)12-22(15)26/h4-13H,14H2,1-3H3. The molecule has 0 radical (unpaired) electrons. The fraction of sp³-hybridized carbons (Fsp3) is 0.167. The highest BCUT2D eigenvalue weighted by atomic mass is 35.5. The van der Waals surface area contributed by atoms with Gasteiger partial charge in [0, 0.05) is 33.1 Å². The van der Waals surface area contributed by atoms with E-state index in [1.807, 2.05) is 59.2 Å². The number of hydrogen-bond donors (Lipinski definition) is 0. The normalized spacial score (nSPS) is 10.8. The maximum Gasteiger partial charge on any atom is 0.196 e. The van der Waals surface area contributed by atoms with Crippen molar-refractivity contribution >= 4 is 35.0 Å². The Morgan fingerprint density at radius 2 is 1.45 bits per heavy atom. The van der Waals surface area contributed by atoms with Crippen LogP contribution in [0.3, 0.4) is 0 Å². The summed E-state index contributed by atoms with van der Waals surface area (Å²) in [6.07, 6.45) is 0. The molecule has 0 spiro atoms. The molecule has 0 aliphatic rings. The van der Waals surface area contributed by atoms with Gasteiger partial charge in [0.1, 0.15) is 17.2 Å². The van der Waals surface area contributed by atoms with E-state index in [0.29, 0.717) is 38.3 Å². The summed E-state index contributed by atoms with van der Waals surface area (Å²) in [5.41, 5.74) is 2.66. The Bertz CT molecular complexity index is 1240. The molecular weight excluding hydrogens is 481 g/mol. The van der Waals surface area contributed by atoms with Crippen LogP contribution in [-0.2, 0) is 5.75 Å². The molecule has 33 heavy (non-hydrogen) atoms. The Morgan fingerprint density at radius 3 is 2.06 bits per heavy atom. The third-order valence-corrected chi connectivity index (χ3v) is 6.51. The highest BCUT2D eigenvalue weighted by Crippen LogP contribution is 2.35. The summed E-state index contributed by atoms with van der Waals surface area (Å²) in [5, 5.41) is 10.9. The second kappa shape index (κ2) is 10.4. The summed E-state index contributed by atoms with van der Waals surface area (Å²) in [7, 11) is 4.87. The van der Waals surface area contributed by atoms with Gasteiger partial charge in [-0.25, -0.2) is 0 Å². The van der Waals surface area contributed by atoms with Crippen LogP contribution in [-0.4, -0.2) is 36.1 Å². The topological polar surface area (TPSA) is 58.4 Å². The van der Waals surface area contributed by atoms with E-state index in [4.69, 9.17) is 37.4 Å². The number of aromatic nitrogens is 3. The fourth-order valence-corrected chi connectivity index (χ4v) is 4.74. The van der Waals surface area contributed by atoms with Crippen LogP contribution in [0.25, 0.3) is 17.1 Å². The molecule has 0 atom stereocenters. The van der Waals surface area contributed by atoms with Crippen molar-refractivity contribution in [2.75, 3.05) is 21.3 Å². The van der Waals surface area contributed by atoms with Crippen LogP contribution in [0.5, 0.6) is 17.2 Å². The quantitative estimate of drug-likeness (QED) is 0.255. The Hall–Kier alpha value is -2.87. The largest absolute Gasteiger partial charge is 0.497 e. The lowest BCUT2D eigenvalue weighted by Crippen LogP contribution is -2.01. The van der Waals surface area contributed by atoms with E-state index in [2.05, 4.69) is 10.2 Å². The summed E-state index contributed by atoms with van der Waals surface area (Å²) in [6.45, 7) is 0. The summed E-state index contributed by atoms with van der Waals surface area (Å²) in [6, 6.07) is 18.8. The van der Waals surface area contributed by atoms with Crippen LogP contribution < -0.4 is 14.2 Å². The second-order valence-electron chi connectivity index (χ2n) is 6.97. The first-order chi connectivity index (χ1) is 16.0. The molecule has 4 aromatic rings. The molecular formula is C24H21Cl2N3O3S. The van der Waals surface area contributed by atoms with Gasteiger partial charge >= 0.3 is 0 Å². The van der Waals surface area contributed by atoms with Gasteiger partial charge in [-0.15, -0.1) is 10.2 Å². The molecule has 0 fully saturated rings. The number of benzene rings is 3. The summed E-state index contributed by atoms with van der Waals surface area (Å²) in [5.74, 6) is 3.35. The zero-order valence-corrected chi connectivity index (χ0v) is 20.5. The number of rotatable bonds is 8. The summed E-state index contributed by atoms with van der Waals surface area (Å²) in [4.78, 5) is 0. The first-order valence-electron chi connectivity index (χ1n) is 9.92. The third kappa shape index (κ3) is 5.21. The van der Waals surface area contributed by atoms with Gasteiger partial charge in [0.05, 0.1) is 21.3 Å². The zero-order chi connectivity index (χ0) is 23.4. The van der Waals surface area contributed by atoms with Crippen LogP contribution in [0.15, 0.2) is 65.8 Å². The predicted octanol–water partition coefficient (Wildman–Crippen LogP) is 6.56. The van der Waals surface area contributed by atoms with Crippen molar-refractivity contribution in [3.05, 3.63) is 76.3 Å². The molecule has 170 valence electrons. The Labute approximate surface area is 206 Å². The molecule has 0 saturated carbocycles. The van der Waals surface area contributed by atoms with Crippen LogP contribution in [0.2, 0.25) is 10.0 Å². The minimum atomic E-state index is 0.601. The molecule has 4 rings (SSSR count). The van der Waals surface area contributed by atoms with Crippen molar-refractivity contribution in [2.24, 2.45) is 0 Å². The maximum atomic E-state index is 6.37. The highest BCUT2D eigenvalue weighted by Gasteiger charge is 2.18. The lowest BCUT2D eigenvalue weighted by Gasteiger charge is -2.13. The molecule has 0 bridgehead atoms. The average Bonchev–Trinajstić information content (AvgIpc) is 3.27. The molecule has 1 heterocycles. The van der Waals surface area contributed by atoms with Gasteiger partial charge in [-0.05, 0) is 54.1 Å². The average molecular weight is 502 g/mol. The van der Waals surface area contributed by atoms with Crippen molar-refractivity contribution in [2.45, 2.75) is 10.9 Å². The van der Waals surface area contributed by atoms with Gasteiger partial charge in [0.2, 0.25) is 0 Å². The lowest BCUT2D eigenvalue weighted by atomic mass is 10.1. The Kier molecular flexibility index (Phi) is 7.33. The van der Waals surface area contributed by atoms with Crippen LogP contribution in [0.1, 0.15) is 5.56 Å². The molecule has 0 aliphatic carbocycles. The molecule has 1 aromatic heterocycles. The maximum absolute atomic E-state index is 6.37. The fourth-order valence-electron chi connectivity index (χ4n) is 3.23. The Morgan fingerprint density at radius 1 is 0.788 bits per heavy atom. The van der Waals surface area contributed by atoms with E-state index < -0.39 is 0 Å². The Balaban J connectivity index is 1.78.